The first kappa shape index (κ1) is 8.92. The van der Waals surface area contributed by atoms with Crippen LogP contribution in [0.5, 0.6) is 0 Å². The molecule has 0 amide bonds. The Bertz CT molecular complexity index is 477. The van der Waals surface area contributed by atoms with Gasteiger partial charge >= 0.3 is 0 Å². The van der Waals surface area contributed by atoms with Crippen LogP contribution in [0.4, 0.5) is 5.69 Å². The monoisotopic (exact) mass is 200 g/mol. The van der Waals surface area contributed by atoms with E-state index in [9.17, 15) is 0 Å². The lowest BCUT2D eigenvalue weighted by molar-refractivity contribution is 1.27. The van der Waals surface area contributed by atoms with Crippen LogP contribution >= 0.6 is 11.3 Å². The summed E-state index contributed by atoms with van der Waals surface area (Å²) in [6.07, 6.45) is 0. The highest BCUT2D eigenvalue weighted by Crippen LogP contribution is 2.28. The topological polar surface area (TPSA) is 17.2 Å². The van der Waals surface area contributed by atoms with E-state index < -0.39 is 0 Å². The van der Waals surface area contributed by atoms with E-state index in [2.05, 4.69) is 9.83 Å². The van der Waals surface area contributed by atoms with Gasteiger partial charge in [0.1, 0.15) is 0 Å². The fourth-order valence-electron chi connectivity index (χ4n) is 1.27. The Labute approximate surface area is 86.7 Å². The molecule has 0 unspecified atom stereocenters. The van der Waals surface area contributed by atoms with Crippen molar-refractivity contribution in [3.63, 3.8) is 0 Å². The van der Waals surface area contributed by atoms with Gasteiger partial charge in [0, 0.05) is 0 Å². The van der Waals surface area contributed by atoms with Crippen LogP contribution in [0.3, 0.4) is 0 Å². The van der Waals surface area contributed by atoms with E-state index in [4.69, 9.17) is 6.57 Å². The third kappa shape index (κ3) is 1.52. The number of nitrogens with zero attached hydrogens (tertiary/aromatic N) is 2. The predicted molar refractivity (Wildman–Crippen MR) is 58.5 cm³/mol. The molecule has 0 saturated carbocycles. The van der Waals surface area contributed by atoms with E-state index in [1.54, 1.807) is 11.3 Å². The number of aryl methyl sites for hydroxylation is 1. The summed E-state index contributed by atoms with van der Waals surface area (Å²) in [4.78, 5) is 8.73. The average molecular weight is 200 g/mol. The fourth-order valence-corrected chi connectivity index (χ4v) is 2.08. The molecule has 1 aromatic heterocycles. The molecule has 0 aliphatic carbocycles. The van der Waals surface area contributed by atoms with Crippen molar-refractivity contribution in [1.29, 1.82) is 0 Å². The summed E-state index contributed by atoms with van der Waals surface area (Å²) >= 11 is 1.63. The minimum atomic E-state index is 0.677. The van der Waals surface area contributed by atoms with Crippen LogP contribution in [0.15, 0.2) is 29.8 Å². The fraction of sp³-hybridized carbons (Fsp3) is 0.0909. The summed E-state index contributed by atoms with van der Waals surface area (Å²) in [5.41, 5.74) is 4.70. The third-order valence-corrected chi connectivity index (χ3v) is 2.98. The molecule has 0 radical (unpaired) electrons. The van der Waals surface area contributed by atoms with E-state index in [1.165, 1.54) is 4.88 Å². The number of benzene rings is 1. The van der Waals surface area contributed by atoms with Crippen LogP contribution in [-0.4, -0.2) is 4.98 Å². The summed E-state index contributed by atoms with van der Waals surface area (Å²) in [5.74, 6) is 0. The first-order valence-electron chi connectivity index (χ1n) is 4.19. The number of aromatic nitrogens is 1. The molecule has 0 bridgehead atoms. The molecule has 0 spiro atoms. The number of hydrogen-bond donors (Lipinski definition) is 0. The van der Waals surface area contributed by atoms with Crippen LogP contribution in [0, 0.1) is 13.5 Å². The smallest absolute Gasteiger partial charge is 0.187 e. The Morgan fingerprint density at radius 3 is 2.50 bits per heavy atom. The Morgan fingerprint density at radius 1 is 1.29 bits per heavy atom. The zero-order valence-electron chi connectivity index (χ0n) is 7.69. The Hall–Kier alpha value is -1.66. The lowest BCUT2D eigenvalue weighted by atomic mass is 10.1. The van der Waals surface area contributed by atoms with Crippen LogP contribution in [0.25, 0.3) is 15.3 Å². The zero-order chi connectivity index (χ0) is 9.97. The normalized spacial score (nSPS) is 9.71. The Morgan fingerprint density at radius 2 is 2.00 bits per heavy atom. The molecule has 2 aromatic rings. The average Bonchev–Trinajstić information content (AvgIpc) is 2.65. The second-order valence-corrected chi connectivity index (χ2v) is 3.78. The number of thiazole rings is 1. The summed E-state index contributed by atoms with van der Waals surface area (Å²) < 4.78 is 0. The van der Waals surface area contributed by atoms with Gasteiger partial charge in [0.15, 0.2) is 5.69 Å². The van der Waals surface area contributed by atoms with Crippen molar-refractivity contribution in [2.24, 2.45) is 0 Å². The molecular formula is C11H8N2S. The molecule has 0 N–H and O–H groups in total. The standard InChI is InChI=1S/C11H8N2S/c1-8-11(14-7-13-8)9-3-5-10(12-2)6-4-9/h3-7H,1H3. The Balaban J connectivity index is 2.45. The minimum Gasteiger partial charge on any atom is -0.249 e. The molecule has 1 aromatic carbocycles. The van der Waals surface area contributed by atoms with Crippen molar-refractivity contribution in [3.05, 3.63) is 46.9 Å². The summed E-state index contributed by atoms with van der Waals surface area (Å²) in [6.45, 7) is 8.84. The van der Waals surface area contributed by atoms with Crippen molar-refractivity contribution in [1.82, 2.24) is 4.98 Å². The van der Waals surface area contributed by atoms with Crippen molar-refractivity contribution in [2.75, 3.05) is 0 Å². The second kappa shape index (κ2) is 3.60. The summed E-state index contributed by atoms with van der Waals surface area (Å²) in [5, 5.41) is 0. The van der Waals surface area contributed by atoms with Crippen LogP contribution < -0.4 is 0 Å². The maximum absolute atomic E-state index is 6.85. The predicted octanol–water partition coefficient (Wildman–Crippen LogP) is 3.67. The van der Waals surface area contributed by atoms with Crippen LogP contribution in [0.1, 0.15) is 5.69 Å². The van der Waals surface area contributed by atoms with Gasteiger partial charge in [0.2, 0.25) is 0 Å². The maximum atomic E-state index is 6.85. The first-order chi connectivity index (χ1) is 6.81. The van der Waals surface area contributed by atoms with Crippen molar-refractivity contribution >= 4 is 17.0 Å². The molecular weight excluding hydrogens is 192 g/mol. The largest absolute Gasteiger partial charge is 0.249 e. The van der Waals surface area contributed by atoms with Crippen LogP contribution in [-0.2, 0) is 0 Å². The van der Waals surface area contributed by atoms with Gasteiger partial charge in [0.05, 0.1) is 22.7 Å². The molecule has 0 atom stereocenters. The second-order valence-electron chi connectivity index (χ2n) is 2.93. The lowest BCUT2D eigenvalue weighted by Gasteiger charge is -1.98. The minimum absolute atomic E-state index is 0.677. The zero-order valence-corrected chi connectivity index (χ0v) is 8.51. The van der Waals surface area contributed by atoms with Gasteiger partial charge in [-0.2, -0.15) is 0 Å². The number of hydrogen-bond acceptors (Lipinski definition) is 2. The molecule has 1 heterocycles. The van der Waals surface area contributed by atoms with Gasteiger partial charge in [-0.3, -0.25) is 0 Å². The van der Waals surface area contributed by atoms with E-state index in [0.717, 1.165) is 11.3 Å². The van der Waals surface area contributed by atoms with Crippen molar-refractivity contribution in [3.8, 4) is 10.4 Å². The molecule has 2 nitrogen and oxygen atoms in total. The molecule has 68 valence electrons. The third-order valence-electron chi connectivity index (χ3n) is 2.00. The summed E-state index contributed by atoms with van der Waals surface area (Å²) in [6, 6.07) is 7.60. The van der Waals surface area contributed by atoms with Gasteiger partial charge in [-0.15, -0.1) is 11.3 Å². The number of rotatable bonds is 1. The van der Waals surface area contributed by atoms with Crippen molar-refractivity contribution in [2.45, 2.75) is 6.92 Å². The highest BCUT2D eigenvalue weighted by atomic mass is 32.1. The highest BCUT2D eigenvalue weighted by Gasteiger charge is 2.03. The van der Waals surface area contributed by atoms with E-state index in [-0.39, 0.29) is 0 Å². The van der Waals surface area contributed by atoms with Crippen LogP contribution in [0.2, 0.25) is 0 Å². The molecule has 0 saturated heterocycles. The Kier molecular flexibility index (Phi) is 2.30. The van der Waals surface area contributed by atoms with E-state index >= 15 is 0 Å². The molecule has 0 aliphatic rings. The molecule has 0 fully saturated rings. The SMILES string of the molecule is [C-]#[N+]c1ccc(-c2scnc2C)cc1. The summed E-state index contributed by atoms with van der Waals surface area (Å²) in [7, 11) is 0. The van der Waals surface area contributed by atoms with Gasteiger partial charge < -0.3 is 0 Å². The quantitative estimate of drug-likeness (QED) is 0.642. The molecule has 0 aliphatic heterocycles. The van der Waals surface area contributed by atoms with E-state index in [0.29, 0.717) is 5.69 Å². The van der Waals surface area contributed by atoms with Crippen molar-refractivity contribution < 1.29 is 0 Å². The van der Waals surface area contributed by atoms with E-state index in [1.807, 2.05) is 36.7 Å². The highest BCUT2D eigenvalue weighted by molar-refractivity contribution is 7.13. The molecule has 14 heavy (non-hydrogen) atoms. The van der Waals surface area contributed by atoms with Gasteiger partial charge in [-0.05, 0) is 12.5 Å². The van der Waals surface area contributed by atoms with Gasteiger partial charge in [-0.1, -0.05) is 24.3 Å². The molecule has 2 rings (SSSR count). The van der Waals surface area contributed by atoms with Gasteiger partial charge in [-0.25, -0.2) is 9.83 Å². The van der Waals surface area contributed by atoms with Gasteiger partial charge in [0.25, 0.3) is 0 Å². The maximum Gasteiger partial charge on any atom is 0.187 e. The lowest BCUT2D eigenvalue weighted by Crippen LogP contribution is -1.76. The molecule has 3 heteroatoms. The first-order valence-corrected chi connectivity index (χ1v) is 5.07.